The average Bonchev–Trinajstić information content (AvgIpc) is 2.38. The van der Waals surface area contributed by atoms with Crippen LogP contribution in [0, 0.1) is 0 Å². The fourth-order valence-corrected chi connectivity index (χ4v) is 1.98. The third-order valence-electron chi connectivity index (χ3n) is 3.07. The molecular weight excluding hydrogens is 226 g/mol. The monoisotopic (exact) mass is 249 g/mol. The summed E-state index contributed by atoms with van der Waals surface area (Å²) in [7, 11) is 1.41. The first-order valence-corrected chi connectivity index (χ1v) is 6.51. The van der Waals surface area contributed by atoms with Gasteiger partial charge in [-0.3, -0.25) is 10.1 Å². The van der Waals surface area contributed by atoms with E-state index in [4.69, 9.17) is 4.74 Å². The number of nitrogens with one attached hydrogen (secondary N) is 1. The van der Waals surface area contributed by atoms with Crippen LogP contribution in [0.3, 0.4) is 0 Å². The minimum Gasteiger partial charge on any atom is -0.468 e. The fourth-order valence-electron chi connectivity index (χ4n) is 1.98. The predicted octanol–water partition coefficient (Wildman–Crippen LogP) is 2.85. The van der Waals surface area contributed by atoms with Crippen molar-refractivity contribution in [3.05, 3.63) is 35.4 Å². The van der Waals surface area contributed by atoms with Crippen LogP contribution in [0.25, 0.3) is 0 Å². The maximum absolute atomic E-state index is 11.3. The van der Waals surface area contributed by atoms with Gasteiger partial charge < -0.3 is 4.74 Å². The van der Waals surface area contributed by atoms with Crippen LogP contribution in [0.2, 0.25) is 0 Å². The molecule has 0 heterocycles. The molecule has 1 aromatic rings. The van der Waals surface area contributed by atoms with E-state index >= 15 is 0 Å². The van der Waals surface area contributed by atoms with Crippen LogP contribution >= 0.6 is 0 Å². The second-order valence-electron chi connectivity index (χ2n) is 4.62. The molecule has 100 valence electrons. The lowest BCUT2D eigenvalue weighted by Crippen LogP contribution is -2.36. The highest BCUT2D eigenvalue weighted by Crippen LogP contribution is 2.15. The molecule has 0 aromatic heterocycles. The largest absolute Gasteiger partial charge is 0.468 e. The molecule has 2 unspecified atom stereocenters. The Morgan fingerprint density at radius 3 is 2.39 bits per heavy atom. The van der Waals surface area contributed by atoms with E-state index in [1.54, 1.807) is 0 Å². The lowest BCUT2D eigenvalue weighted by molar-refractivity contribution is -0.142. The van der Waals surface area contributed by atoms with E-state index in [0.29, 0.717) is 0 Å². The Morgan fingerprint density at radius 1 is 1.28 bits per heavy atom. The second kappa shape index (κ2) is 7.17. The SMILES string of the molecule is CCCc1ccc(C(C)NC(C)C(=O)OC)cc1. The predicted molar refractivity (Wildman–Crippen MR) is 73.5 cm³/mol. The van der Waals surface area contributed by atoms with Gasteiger partial charge in [-0.05, 0) is 31.4 Å². The van der Waals surface area contributed by atoms with Gasteiger partial charge in [0.05, 0.1) is 7.11 Å². The quantitative estimate of drug-likeness (QED) is 0.788. The number of benzene rings is 1. The standard InChI is InChI=1S/C15H23NO2/c1-5-6-13-7-9-14(10-8-13)11(2)16-12(3)15(17)18-4/h7-12,16H,5-6H2,1-4H3. The minimum absolute atomic E-state index is 0.134. The number of aryl methyl sites for hydroxylation is 1. The number of carbonyl (C=O) groups excluding carboxylic acids is 1. The molecule has 18 heavy (non-hydrogen) atoms. The molecule has 3 heteroatoms. The van der Waals surface area contributed by atoms with Gasteiger partial charge in [0, 0.05) is 6.04 Å². The zero-order chi connectivity index (χ0) is 13.5. The molecule has 1 N–H and O–H groups in total. The number of esters is 1. The van der Waals surface area contributed by atoms with Gasteiger partial charge in [0.15, 0.2) is 0 Å². The minimum atomic E-state index is -0.291. The Balaban J connectivity index is 2.61. The first kappa shape index (κ1) is 14.7. The van der Waals surface area contributed by atoms with Crippen LogP contribution in [0.5, 0.6) is 0 Å². The topological polar surface area (TPSA) is 38.3 Å². The van der Waals surface area contributed by atoms with Crippen LogP contribution in [0.4, 0.5) is 0 Å². The van der Waals surface area contributed by atoms with Crippen LogP contribution < -0.4 is 5.32 Å². The van der Waals surface area contributed by atoms with Crippen molar-refractivity contribution >= 4 is 5.97 Å². The number of hydrogen-bond donors (Lipinski definition) is 1. The van der Waals surface area contributed by atoms with Crippen LogP contribution in [0.15, 0.2) is 24.3 Å². The van der Waals surface area contributed by atoms with Crippen LogP contribution in [-0.4, -0.2) is 19.1 Å². The van der Waals surface area contributed by atoms with E-state index in [9.17, 15) is 4.79 Å². The van der Waals surface area contributed by atoms with E-state index < -0.39 is 0 Å². The van der Waals surface area contributed by atoms with Gasteiger partial charge in [0.1, 0.15) is 6.04 Å². The fraction of sp³-hybridized carbons (Fsp3) is 0.533. The van der Waals surface area contributed by atoms with Crippen LogP contribution in [0.1, 0.15) is 44.4 Å². The normalized spacial score (nSPS) is 14.0. The summed E-state index contributed by atoms with van der Waals surface area (Å²) in [6.45, 7) is 6.04. The van der Waals surface area contributed by atoms with Gasteiger partial charge in [0.2, 0.25) is 0 Å². The molecule has 0 radical (unpaired) electrons. The molecule has 0 aliphatic rings. The van der Waals surface area contributed by atoms with Crippen molar-refractivity contribution in [1.29, 1.82) is 0 Å². The maximum Gasteiger partial charge on any atom is 0.322 e. The van der Waals surface area contributed by atoms with Crippen molar-refractivity contribution < 1.29 is 9.53 Å². The number of hydrogen-bond acceptors (Lipinski definition) is 3. The second-order valence-corrected chi connectivity index (χ2v) is 4.62. The highest BCUT2D eigenvalue weighted by Gasteiger charge is 2.16. The highest BCUT2D eigenvalue weighted by molar-refractivity contribution is 5.75. The molecule has 1 aromatic carbocycles. The molecule has 0 aliphatic carbocycles. The van der Waals surface area contributed by atoms with E-state index in [-0.39, 0.29) is 18.1 Å². The molecule has 0 saturated heterocycles. The molecule has 0 saturated carbocycles. The third kappa shape index (κ3) is 4.15. The van der Waals surface area contributed by atoms with Gasteiger partial charge >= 0.3 is 5.97 Å². The zero-order valence-corrected chi connectivity index (χ0v) is 11.7. The summed E-state index contributed by atoms with van der Waals surface area (Å²) in [5.41, 5.74) is 2.54. The number of methoxy groups -OCH3 is 1. The lowest BCUT2D eigenvalue weighted by Gasteiger charge is -2.18. The molecule has 0 aliphatic heterocycles. The van der Waals surface area contributed by atoms with E-state index in [2.05, 4.69) is 36.5 Å². The summed E-state index contributed by atoms with van der Waals surface area (Å²) < 4.78 is 4.70. The van der Waals surface area contributed by atoms with Crippen molar-refractivity contribution in [2.75, 3.05) is 7.11 Å². The Bertz CT molecular complexity index is 373. The smallest absolute Gasteiger partial charge is 0.322 e. The first-order valence-electron chi connectivity index (χ1n) is 6.51. The van der Waals surface area contributed by atoms with Gasteiger partial charge in [0.25, 0.3) is 0 Å². The van der Waals surface area contributed by atoms with Crippen molar-refractivity contribution in [3.63, 3.8) is 0 Å². The van der Waals surface area contributed by atoms with E-state index in [0.717, 1.165) is 12.8 Å². The lowest BCUT2D eigenvalue weighted by atomic mass is 10.0. The van der Waals surface area contributed by atoms with Gasteiger partial charge in [-0.1, -0.05) is 37.6 Å². The van der Waals surface area contributed by atoms with Crippen molar-refractivity contribution in [2.45, 2.75) is 45.7 Å². The average molecular weight is 249 g/mol. The molecule has 1 rings (SSSR count). The molecule has 0 bridgehead atoms. The molecule has 0 fully saturated rings. The first-order chi connectivity index (χ1) is 8.58. The summed E-state index contributed by atoms with van der Waals surface area (Å²) in [4.78, 5) is 11.3. The maximum atomic E-state index is 11.3. The van der Waals surface area contributed by atoms with E-state index in [1.807, 2.05) is 13.8 Å². The van der Waals surface area contributed by atoms with Crippen molar-refractivity contribution in [2.24, 2.45) is 0 Å². The summed E-state index contributed by atoms with van der Waals surface area (Å²) in [5, 5.41) is 3.22. The molecule has 0 spiro atoms. The van der Waals surface area contributed by atoms with Crippen molar-refractivity contribution in [3.8, 4) is 0 Å². The van der Waals surface area contributed by atoms with E-state index in [1.165, 1.54) is 18.2 Å². The molecule has 0 amide bonds. The number of ether oxygens (including phenoxy) is 1. The Kier molecular flexibility index (Phi) is 5.86. The van der Waals surface area contributed by atoms with Gasteiger partial charge in [-0.25, -0.2) is 0 Å². The highest BCUT2D eigenvalue weighted by atomic mass is 16.5. The Labute approximate surface area is 110 Å². The summed E-state index contributed by atoms with van der Waals surface area (Å²) in [5.74, 6) is -0.232. The Morgan fingerprint density at radius 2 is 1.89 bits per heavy atom. The van der Waals surface area contributed by atoms with Crippen LogP contribution in [-0.2, 0) is 16.0 Å². The molecule has 2 atom stereocenters. The number of rotatable bonds is 6. The number of carbonyl (C=O) groups is 1. The summed E-state index contributed by atoms with van der Waals surface area (Å²) in [6.07, 6.45) is 2.27. The zero-order valence-electron chi connectivity index (χ0n) is 11.7. The third-order valence-corrected chi connectivity index (χ3v) is 3.07. The summed E-state index contributed by atoms with van der Waals surface area (Å²) >= 11 is 0. The van der Waals surface area contributed by atoms with Gasteiger partial charge in [-0.2, -0.15) is 0 Å². The summed E-state index contributed by atoms with van der Waals surface area (Å²) in [6, 6.07) is 8.38. The Hall–Kier alpha value is -1.35. The van der Waals surface area contributed by atoms with Gasteiger partial charge in [-0.15, -0.1) is 0 Å². The van der Waals surface area contributed by atoms with Crippen molar-refractivity contribution in [1.82, 2.24) is 5.32 Å². The molecule has 3 nitrogen and oxygen atoms in total. The molecular formula is C15H23NO2.